The van der Waals surface area contributed by atoms with Crippen LogP contribution in [-0.2, 0) is 11.2 Å². The molecule has 0 amide bonds. The van der Waals surface area contributed by atoms with E-state index < -0.39 is 11.6 Å². The van der Waals surface area contributed by atoms with E-state index in [1.54, 1.807) is 30.3 Å². The highest BCUT2D eigenvalue weighted by atomic mass is 16.6. The molecule has 0 radical (unpaired) electrons. The topological polar surface area (TPSA) is 107 Å². The zero-order chi connectivity index (χ0) is 16.9. The molecule has 0 fully saturated rings. The smallest absolute Gasteiger partial charge is 0.290 e. The Morgan fingerprint density at radius 1 is 1.17 bits per heavy atom. The van der Waals surface area contributed by atoms with E-state index >= 15 is 0 Å². The maximum absolute atomic E-state index is 11.9. The molecule has 0 spiro atoms. The lowest BCUT2D eigenvalue weighted by Crippen LogP contribution is -2.17. The number of hydrogen-bond acceptors (Lipinski definition) is 7. The molecular formula is C16H13N3O5. The Bertz CT molecular complexity index is 854. The number of hydrogen-bond donors (Lipinski definition) is 1. The lowest BCUT2D eigenvalue weighted by Gasteiger charge is -2.07. The first-order valence-electron chi connectivity index (χ1n) is 7.00. The van der Waals surface area contributed by atoms with Gasteiger partial charge in [0.25, 0.3) is 11.7 Å². The summed E-state index contributed by atoms with van der Waals surface area (Å²) in [4.78, 5) is 27.4. The van der Waals surface area contributed by atoms with Gasteiger partial charge >= 0.3 is 0 Å². The van der Waals surface area contributed by atoms with Crippen LogP contribution in [0, 0.1) is 0 Å². The Morgan fingerprint density at radius 2 is 1.96 bits per heavy atom. The van der Waals surface area contributed by atoms with E-state index in [1.807, 2.05) is 6.07 Å². The van der Waals surface area contributed by atoms with Crippen LogP contribution in [0.5, 0.6) is 17.4 Å². The average Bonchev–Trinajstić information content (AvgIpc) is 3.27. The number of aromatic nitrogens is 3. The molecule has 0 atom stereocenters. The molecule has 0 saturated heterocycles. The summed E-state index contributed by atoms with van der Waals surface area (Å²) in [5, 5.41) is 5.97. The SMILES string of the molecule is COc1ccccc1Oc1ccc(CC(=O)C(=O)c2nc[nH]n2)o1. The van der Waals surface area contributed by atoms with E-state index in [0.717, 1.165) is 0 Å². The molecule has 1 N–H and O–H groups in total. The number of para-hydroxylation sites is 2. The number of nitrogens with one attached hydrogen (secondary N) is 1. The van der Waals surface area contributed by atoms with Crippen LogP contribution in [0.3, 0.4) is 0 Å². The summed E-state index contributed by atoms with van der Waals surface area (Å²) in [6.45, 7) is 0. The minimum atomic E-state index is -0.778. The Balaban J connectivity index is 1.67. The van der Waals surface area contributed by atoms with Crippen molar-refractivity contribution in [2.75, 3.05) is 7.11 Å². The molecule has 0 aliphatic heterocycles. The molecule has 1 aromatic carbocycles. The van der Waals surface area contributed by atoms with Crippen LogP contribution in [0.1, 0.15) is 16.4 Å². The summed E-state index contributed by atoms with van der Waals surface area (Å²) in [6.07, 6.45) is 1.02. The Hall–Kier alpha value is -3.42. The van der Waals surface area contributed by atoms with Crippen LogP contribution in [0.25, 0.3) is 0 Å². The number of carbonyl (C=O) groups excluding carboxylic acids is 2. The van der Waals surface area contributed by atoms with Crippen LogP contribution in [0.4, 0.5) is 0 Å². The lowest BCUT2D eigenvalue weighted by molar-refractivity contribution is -0.114. The van der Waals surface area contributed by atoms with Crippen molar-refractivity contribution in [3.63, 3.8) is 0 Å². The van der Waals surface area contributed by atoms with Crippen molar-refractivity contribution < 1.29 is 23.5 Å². The number of benzene rings is 1. The van der Waals surface area contributed by atoms with Gasteiger partial charge < -0.3 is 13.9 Å². The molecule has 122 valence electrons. The summed E-state index contributed by atoms with van der Waals surface area (Å²) in [5.74, 6) is -0.110. The third-order valence-corrected chi connectivity index (χ3v) is 3.12. The van der Waals surface area contributed by atoms with Crippen molar-refractivity contribution >= 4 is 11.6 Å². The van der Waals surface area contributed by atoms with Gasteiger partial charge in [-0.25, -0.2) is 4.98 Å². The van der Waals surface area contributed by atoms with Gasteiger partial charge in [0.1, 0.15) is 12.1 Å². The molecule has 3 rings (SSSR count). The van der Waals surface area contributed by atoms with Gasteiger partial charge in [-0.15, -0.1) is 5.10 Å². The molecule has 0 aliphatic rings. The number of furan rings is 1. The Kier molecular flexibility index (Phi) is 4.37. The largest absolute Gasteiger partial charge is 0.493 e. The third-order valence-electron chi connectivity index (χ3n) is 3.12. The van der Waals surface area contributed by atoms with Crippen LogP contribution < -0.4 is 9.47 Å². The van der Waals surface area contributed by atoms with Gasteiger partial charge in [0.15, 0.2) is 11.5 Å². The third kappa shape index (κ3) is 3.32. The predicted octanol–water partition coefficient (Wildman–Crippen LogP) is 2.19. The molecule has 0 unspecified atom stereocenters. The number of ketones is 2. The zero-order valence-electron chi connectivity index (χ0n) is 12.7. The standard InChI is InChI=1S/C16H13N3O5/c1-22-12-4-2-3-5-13(12)24-14-7-6-10(23-14)8-11(20)15(21)16-17-9-18-19-16/h2-7,9H,8H2,1H3,(H,17,18,19). The van der Waals surface area contributed by atoms with Crippen LogP contribution in [-0.4, -0.2) is 33.9 Å². The first-order valence-corrected chi connectivity index (χ1v) is 7.00. The number of methoxy groups -OCH3 is 1. The monoisotopic (exact) mass is 327 g/mol. The first-order chi connectivity index (χ1) is 11.7. The summed E-state index contributed by atoms with van der Waals surface area (Å²) in [6, 6.07) is 10.2. The molecule has 3 aromatic rings. The van der Waals surface area contributed by atoms with Gasteiger partial charge in [0.2, 0.25) is 11.6 Å². The summed E-state index contributed by atoms with van der Waals surface area (Å²) >= 11 is 0. The first kappa shape index (κ1) is 15.5. The molecule has 8 nitrogen and oxygen atoms in total. The van der Waals surface area contributed by atoms with E-state index in [1.165, 1.54) is 13.4 Å². The molecule has 24 heavy (non-hydrogen) atoms. The minimum absolute atomic E-state index is 0.169. The fraction of sp³-hybridized carbons (Fsp3) is 0.125. The molecule has 2 aromatic heterocycles. The van der Waals surface area contributed by atoms with Gasteiger partial charge in [0, 0.05) is 6.07 Å². The summed E-state index contributed by atoms with van der Waals surface area (Å²) < 4.78 is 16.2. The summed E-state index contributed by atoms with van der Waals surface area (Å²) in [7, 11) is 1.53. The fourth-order valence-corrected chi connectivity index (χ4v) is 2.00. The number of rotatable bonds is 7. The van der Waals surface area contributed by atoms with Crippen molar-refractivity contribution in [1.82, 2.24) is 15.2 Å². The normalized spacial score (nSPS) is 10.4. The molecule has 0 bridgehead atoms. The number of H-pyrrole nitrogens is 1. The highest BCUT2D eigenvalue weighted by molar-refractivity contribution is 6.42. The molecular weight excluding hydrogens is 314 g/mol. The Labute approximate surface area is 136 Å². The maximum Gasteiger partial charge on any atom is 0.290 e. The van der Waals surface area contributed by atoms with Crippen LogP contribution >= 0.6 is 0 Å². The Morgan fingerprint density at radius 3 is 2.67 bits per heavy atom. The number of ether oxygens (including phenoxy) is 2. The molecule has 0 saturated carbocycles. The van der Waals surface area contributed by atoms with Gasteiger partial charge in [0.05, 0.1) is 13.5 Å². The van der Waals surface area contributed by atoms with Crippen molar-refractivity contribution in [2.45, 2.75) is 6.42 Å². The molecule has 2 heterocycles. The quantitative estimate of drug-likeness (QED) is 0.523. The summed E-state index contributed by atoms with van der Waals surface area (Å²) in [5.41, 5.74) is 0. The number of nitrogens with zero attached hydrogens (tertiary/aromatic N) is 2. The highest BCUT2D eigenvalue weighted by Gasteiger charge is 2.21. The van der Waals surface area contributed by atoms with Crippen molar-refractivity contribution in [3.8, 4) is 17.4 Å². The number of aromatic amines is 1. The van der Waals surface area contributed by atoms with Crippen LogP contribution in [0.2, 0.25) is 0 Å². The predicted molar refractivity (Wildman–Crippen MR) is 81.2 cm³/mol. The second-order valence-corrected chi connectivity index (χ2v) is 4.73. The zero-order valence-corrected chi connectivity index (χ0v) is 12.7. The molecule has 8 heteroatoms. The van der Waals surface area contributed by atoms with E-state index in [9.17, 15) is 9.59 Å². The van der Waals surface area contributed by atoms with E-state index in [2.05, 4.69) is 15.2 Å². The average molecular weight is 327 g/mol. The van der Waals surface area contributed by atoms with Gasteiger partial charge in [-0.3, -0.25) is 14.7 Å². The van der Waals surface area contributed by atoms with Crippen molar-refractivity contribution in [3.05, 3.63) is 54.3 Å². The van der Waals surface area contributed by atoms with Crippen molar-refractivity contribution in [2.24, 2.45) is 0 Å². The van der Waals surface area contributed by atoms with Gasteiger partial charge in [-0.05, 0) is 18.2 Å². The number of carbonyl (C=O) groups is 2. The van der Waals surface area contributed by atoms with E-state index in [4.69, 9.17) is 13.9 Å². The molecule has 0 aliphatic carbocycles. The van der Waals surface area contributed by atoms with Crippen LogP contribution in [0.15, 0.2) is 47.1 Å². The second kappa shape index (κ2) is 6.78. The lowest BCUT2D eigenvalue weighted by atomic mass is 10.1. The van der Waals surface area contributed by atoms with Crippen molar-refractivity contribution in [1.29, 1.82) is 0 Å². The fourth-order valence-electron chi connectivity index (χ4n) is 2.00. The maximum atomic E-state index is 11.9. The van der Waals surface area contributed by atoms with Gasteiger partial charge in [-0.1, -0.05) is 12.1 Å². The second-order valence-electron chi connectivity index (χ2n) is 4.73. The van der Waals surface area contributed by atoms with E-state index in [0.29, 0.717) is 17.3 Å². The van der Waals surface area contributed by atoms with E-state index in [-0.39, 0.29) is 18.2 Å². The van der Waals surface area contributed by atoms with Gasteiger partial charge in [-0.2, -0.15) is 0 Å². The highest BCUT2D eigenvalue weighted by Crippen LogP contribution is 2.31. The number of Topliss-reactive ketones (excluding diaryl/α,β-unsaturated/α-hetero) is 2. The minimum Gasteiger partial charge on any atom is -0.493 e.